The van der Waals surface area contributed by atoms with Gasteiger partial charge >= 0.3 is 0 Å². The molecule has 1 unspecified atom stereocenters. The molecule has 2 N–H and O–H groups in total. The topological polar surface area (TPSA) is 54.0 Å². The van der Waals surface area contributed by atoms with Crippen LogP contribution in [0.1, 0.15) is 44.6 Å². The van der Waals surface area contributed by atoms with Crippen molar-refractivity contribution in [2.75, 3.05) is 11.9 Å². The summed E-state index contributed by atoms with van der Waals surface area (Å²) >= 11 is 0. The first-order chi connectivity index (χ1) is 8.58. The molecule has 4 heteroatoms. The molecule has 18 heavy (non-hydrogen) atoms. The SMILES string of the molecule is CCNc1ccnc(C(=O)NC(CC)C(C)C)c1. The van der Waals surface area contributed by atoms with E-state index in [0.29, 0.717) is 11.6 Å². The quantitative estimate of drug-likeness (QED) is 0.815. The van der Waals surface area contributed by atoms with Gasteiger partial charge in [0.05, 0.1) is 0 Å². The average Bonchev–Trinajstić information content (AvgIpc) is 2.36. The van der Waals surface area contributed by atoms with Crippen molar-refractivity contribution < 1.29 is 4.79 Å². The van der Waals surface area contributed by atoms with Gasteiger partial charge in [-0.3, -0.25) is 9.78 Å². The average molecular weight is 249 g/mol. The summed E-state index contributed by atoms with van der Waals surface area (Å²) in [4.78, 5) is 16.2. The molecule has 0 aliphatic heterocycles. The van der Waals surface area contributed by atoms with Gasteiger partial charge < -0.3 is 10.6 Å². The third-order valence-electron chi connectivity index (χ3n) is 2.93. The highest BCUT2D eigenvalue weighted by molar-refractivity contribution is 5.93. The molecule has 0 saturated carbocycles. The molecule has 1 aromatic rings. The van der Waals surface area contributed by atoms with Crippen LogP contribution in [-0.4, -0.2) is 23.5 Å². The molecule has 0 bridgehead atoms. The Bertz CT molecular complexity index is 390. The predicted molar refractivity (Wildman–Crippen MR) is 74.8 cm³/mol. The Balaban J connectivity index is 2.74. The van der Waals surface area contributed by atoms with Crippen LogP contribution in [0.25, 0.3) is 0 Å². The van der Waals surface area contributed by atoms with Gasteiger partial charge in [-0.15, -0.1) is 0 Å². The van der Waals surface area contributed by atoms with Crippen LogP contribution in [0.3, 0.4) is 0 Å². The van der Waals surface area contributed by atoms with Gasteiger partial charge in [-0.2, -0.15) is 0 Å². The summed E-state index contributed by atoms with van der Waals surface area (Å²) in [7, 11) is 0. The second kappa shape index (κ2) is 6.99. The molecule has 0 spiro atoms. The van der Waals surface area contributed by atoms with Crippen LogP contribution in [0.2, 0.25) is 0 Å². The van der Waals surface area contributed by atoms with E-state index in [-0.39, 0.29) is 11.9 Å². The molecule has 0 aromatic carbocycles. The number of pyridine rings is 1. The largest absolute Gasteiger partial charge is 0.385 e. The van der Waals surface area contributed by atoms with Crippen molar-refractivity contribution in [3.05, 3.63) is 24.0 Å². The molecule has 100 valence electrons. The minimum atomic E-state index is -0.102. The number of hydrogen-bond acceptors (Lipinski definition) is 3. The Labute approximate surface area is 109 Å². The molecule has 0 aliphatic carbocycles. The monoisotopic (exact) mass is 249 g/mol. The van der Waals surface area contributed by atoms with Crippen LogP contribution in [0, 0.1) is 5.92 Å². The number of hydrogen-bond donors (Lipinski definition) is 2. The zero-order valence-corrected chi connectivity index (χ0v) is 11.7. The highest BCUT2D eigenvalue weighted by atomic mass is 16.1. The lowest BCUT2D eigenvalue weighted by Gasteiger charge is -2.20. The molecular formula is C14H23N3O. The second-order valence-corrected chi connectivity index (χ2v) is 4.69. The number of anilines is 1. The van der Waals surface area contributed by atoms with Crippen LogP contribution in [0.4, 0.5) is 5.69 Å². The van der Waals surface area contributed by atoms with Crippen LogP contribution < -0.4 is 10.6 Å². The fourth-order valence-corrected chi connectivity index (χ4v) is 1.85. The summed E-state index contributed by atoms with van der Waals surface area (Å²) in [5, 5.41) is 6.20. The second-order valence-electron chi connectivity index (χ2n) is 4.69. The lowest BCUT2D eigenvalue weighted by molar-refractivity contribution is 0.0919. The molecule has 0 saturated heterocycles. The number of carbonyl (C=O) groups is 1. The first-order valence-electron chi connectivity index (χ1n) is 6.59. The van der Waals surface area contributed by atoms with E-state index in [2.05, 4.69) is 36.4 Å². The van der Waals surface area contributed by atoms with Gasteiger partial charge in [-0.25, -0.2) is 0 Å². The zero-order chi connectivity index (χ0) is 13.5. The predicted octanol–water partition coefficient (Wildman–Crippen LogP) is 2.68. The van der Waals surface area contributed by atoms with Crippen molar-refractivity contribution in [3.63, 3.8) is 0 Å². The summed E-state index contributed by atoms with van der Waals surface area (Å²) in [5.74, 6) is 0.325. The number of rotatable bonds is 6. The van der Waals surface area contributed by atoms with Crippen LogP contribution in [-0.2, 0) is 0 Å². The van der Waals surface area contributed by atoms with Crippen LogP contribution in [0.15, 0.2) is 18.3 Å². The molecular weight excluding hydrogens is 226 g/mol. The minimum Gasteiger partial charge on any atom is -0.385 e. The molecule has 1 rings (SSSR count). The third kappa shape index (κ3) is 4.02. The Morgan fingerprint density at radius 1 is 1.39 bits per heavy atom. The van der Waals surface area contributed by atoms with Gasteiger partial charge in [0.25, 0.3) is 5.91 Å². The highest BCUT2D eigenvalue weighted by Crippen LogP contribution is 2.10. The maximum atomic E-state index is 12.1. The number of nitrogens with one attached hydrogen (secondary N) is 2. The summed E-state index contributed by atoms with van der Waals surface area (Å²) in [6.07, 6.45) is 2.58. The Morgan fingerprint density at radius 2 is 2.11 bits per heavy atom. The molecule has 0 aliphatic rings. The fourth-order valence-electron chi connectivity index (χ4n) is 1.85. The minimum absolute atomic E-state index is 0.102. The molecule has 1 aromatic heterocycles. The third-order valence-corrected chi connectivity index (χ3v) is 2.93. The van der Waals surface area contributed by atoms with Crippen molar-refractivity contribution in [2.24, 2.45) is 5.92 Å². The smallest absolute Gasteiger partial charge is 0.270 e. The van der Waals surface area contributed by atoms with E-state index < -0.39 is 0 Å². The lowest BCUT2D eigenvalue weighted by Crippen LogP contribution is -2.38. The maximum Gasteiger partial charge on any atom is 0.270 e. The molecule has 4 nitrogen and oxygen atoms in total. The summed E-state index contributed by atoms with van der Waals surface area (Å²) in [6.45, 7) is 9.14. The number of nitrogens with zero attached hydrogens (tertiary/aromatic N) is 1. The van der Waals surface area contributed by atoms with Crippen molar-refractivity contribution in [3.8, 4) is 0 Å². The fraction of sp³-hybridized carbons (Fsp3) is 0.571. The standard InChI is InChI=1S/C14H23N3O/c1-5-12(10(3)4)17-14(18)13-9-11(15-6-2)7-8-16-13/h7-10,12H,5-6H2,1-4H3,(H,15,16)(H,17,18). The molecule has 1 heterocycles. The van der Waals surface area contributed by atoms with Crippen LogP contribution >= 0.6 is 0 Å². The van der Waals surface area contributed by atoms with E-state index in [1.54, 1.807) is 12.3 Å². The van der Waals surface area contributed by atoms with Gasteiger partial charge in [0.15, 0.2) is 0 Å². The highest BCUT2D eigenvalue weighted by Gasteiger charge is 2.16. The maximum absolute atomic E-state index is 12.1. The van der Waals surface area contributed by atoms with Gasteiger partial charge in [0.2, 0.25) is 0 Å². The Kier molecular flexibility index (Phi) is 5.62. The summed E-state index contributed by atoms with van der Waals surface area (Å²) in [6, 6.07) is 3.84. The first-order valence-corrected chi connectivity index (χ1v) is 6.59. The normalized spacial score (nSPS) is 12.3. The molecule has 0 fully saturated rings. The van der Waals surface area contributed by atoms with Gasteiger partial charge in [-0.1, -0.05) is 20.8 Å². The van der Waals surface area contributed by atoms with E-state index in [1.165, 1.54) is 0 Å². The van der Waals surface area contributed by atoms with E-state index in [0.717, 1.165) is 18.7 Å². The van der Waals surface area contributed by atoms with E-state index in [4.69, 9.17) is 0 Å². The summed E-state index contributed by atoms with van der Waals surface area (Å²) in [5.41, 5.74) is 1.39. The van der Waals surface area contributed by atoms with E-state index >= 15 is 0 Å². The number of carbonyl (C=O) groups excluding carboxylic acids is 1. The number of aromatic nitrogens is 1. The Hall–Kier alpha value is -1.58. The van der Waals surface area contributed by atoms with Gasteiger partial charge in [0.1, 0.15) is 5.69 Å². The van der Waals surface area contributed by atoms with Crippen molar-refractivity contribution >= 4 is 11.6 Å². The number of amides is 1. The molecule has 0 radical (unpaired) electrons. The van der Waals surface area contributed by atoms with Gasteiger partial charge in [0, 0.05) is 24.5 Å². The lowest BCUT2D eigenvalue weighted by atomic mass is 10.0. The van der Waals surface area contributed by atoms with Crippen molar-refractivity contribution in [2.45, 2.75) is 40.2 Å². The molecule has 1 atom stereocenters. The summed E-state index contributed by atoms with van der Waals surface area (Å²) < 4.78 is 0. The van der Waals surface area contributed by atoms with Crippen molar-refractivity contribution in [1.29, 1.82) is 0 Å². The van der Waals surface area contributed by atoms with Gasteiger partial charge in [-0.05, 0) is 31.4 Å². The first kappa shape index (κ1) is 14.5. The van der Waals surface area contributed by atoms with Crippen LogP contribution in [0.5, 0.6) is 0 Å². The van der Waals surface area contributed by atoms with E-state index in [1.807, 2.05) is 13.0 Å². The Morgan fingerprint density at radius 3 is 2.67 bits per heavy atom. The van der Waals surface area contributed by atoms with E-state index in [9.17, 15) is 4.79 Å². The zero-order valence-electron chi connectivity index (χ0n) is 11.7. The molecule has 1 amide bonds. The van der Waals surface area contributed by atoms with Crippen molar-refractivity contribution in [1.82, 2.24) is 10.3 Å².